The summed E-state index contributed by atoms with van der Waals surface area (Å²) in [5.41, 5.74) is 0. The molecule has 0 aliphatic heterocycles. The van der Waals surface area contributed by atoms with E-state index in [4.69, 9.17) is 3.40 Å². The summed E-state index contributed by atoms with van der Waals surface area (Å²) in [4.78, 5) is 0. The number of rotatable bonds is 0. The van der Waals surface area contributed by atoms with Gasteiger partial charge in [-0.25, -0.2) is 0 Å². The van der Waals surface area contributed by atoms with Gasteiger partial charge in [0.2, 0.25) is 0 Å². The van der Waals surface area contributed by atoms with E-state index in [0.717, 1.165) is 0 Å². The van der Waals surface area contributed by atoms with Crippen LogP contribution in [-0.4, -0.2) is 23.1 Å². The molecule has 0 rings (SSSR count). The van der Waals surface area contributed by atoms with E-state index in [9.17, 15) is 0 Å². The second-order valence-electron chi connectivity index (χ2n) is 0. The predicted octanol–water partition coefficient (Wildman–Crippen LogP) is -3.16. The van der Waals surface area contributed by atoms with Crippen molar-refractivity contribution in [3.8, 4) is 0 Å². The Labute approximate surface area is 68.9 Å². The van der Waals surface area contributed by atoms with Crippen molar-refractivity contribution in [1.29, 1.82) is 0 Å². The van der Waals surface area contributed by atoms with Gasteiger partial charge in [0, 0.05) is 0 Å². The van der Waals surface area contributed by atoms with E-state index in [-0.39, 0.29) is 46.2 Å². The monoisotopic (exact) mass is 234 g/mol. The van der Waals surface area contributed by atoms with Gasteiger partial charge >= 0.3 is 65.1 Å². The Morgan fingerprint density at radius 2 is 1.50 bits per heavy atom. The maximum atomic E-state index is 8.33. The minimum absolute atomic E-state index is 0. The first-order chi connectivity index (χ1) is 1.00. The van der Waals surface area contributed by atoms with Crippen LogP contribution in [0.25, 0.3) is 0 Å². The van der Waals surface area contributed by atoms with E-state index in [1.165, 1.54) is 0 Å². The molecule has 0 saturated heterocycles. The molecule has 0 amide bonds. The Balaban J connectivity index is -0.000000000500. The Hall–Kier alpha value is 1.85. The van der Waals surface area contributed by atoms with Crippen molar-refractivity contribution in [3.05, 3.63) is 0 Å². The van der Waals surface area contributed by atoms with E-state index in [0.29, 0.717) is 19.8 Å². The molecule has 18 valence electrons. The molecule has 0 aliphatic rings. The Kier molecular flexibility index (Phi) is 88.9. The van der Waals surface area contributed by atoms with Crippen LogP contribution in [0.5, 0.6) is 0 Å². The van der Waals surface area contributed by atoms with Crippen molar-refractivity contribution in [3.63, 3.8) is 0 Å². The number of hydrogen-bond donors (Lipinski definition) is 0. The van der Waals surface area contributed by atoms with Gasteiger partial charge in [-0.15, -0.1) is 0 Å². The molecule has 0 atom stereocenters. The van der Waals surface area contributed by atoms with E-state index in [1.807, 2.05) is 0 Å². The van der Waals surface area contributed by atoms with Crippen LogP contribution in [-0.2, 0) is 23.2 Å². The van der Waals surface area contributed by atoms with E-state index in [1.54, 1.807) is 0 Å². The standard InChI is InChI=1S/Li.Mg.O.W.3H/q+1;+2;;;3*-1. The summed E-state index contributed by atoms with van der Waals surface area (Å²) in [5.74, 6) is 0. The molecule has 4 heteroatoms. The summed E-state index contributed by atoms with van der Waals surface area (Å²) >= 11 is 0.333. The van der Waals surface area contributed by atoms with Crippen LogP contribution in [0.4, 0.5) is 0 Å². The molecule has 0 fully saturated rings. The SMILES string of the molecule is [H-].[H-].[H-].[Li+].[Mg+2].[O]=[W]. The van der Waals surface area contributed by atoms with Gasteiger partial charge in [0.25, 0.3) is 0 Å². The summed E-state index contributed by atoms with van der Waals surface area (Å²) in [6.07, 6.45) is 0. The van der Waals surface area contributed by atoms with Crippen molar-refractivity contribution in [2.24, 2.45) is 0 Å². The zero-order valence-electron chi connectivity index (χ0n) is 5.52. The van der Waals surface area contributed by atoms with Crippen molar-refractivity contribution < 1.29 is 46.3 Å². The van der Waals surface area contributed by atoms with Crippen LogP contribution < -0.4 is 18.9 Å². The van der Waals surface area contributed by atoms with E-state index < -0.39 is 0 Å². The van der Waals surface area contributed by atoms with Gasteiger partial charge < -0.3 is 4.28 Å². The van der Waals surface area contributed by atoms with Crippen LogP contribution in [0.1, 0.15) is 4.28 Å². The van der Waals surface area contributed by atoms with Crippen LogP contribution in [0.3, 0.4) is 0 Å². The summed E-state index contributed by atoms with van der Waals surface area (Å²) in [6.45, 7) is 0. The average molecular weight is 234 g/mol. The van der Waals surface area contributed by atoms with Crippen molar-refractivity contribution in [2.75, 3.05) is 0 Å². The zero-order chi connectivity index (χ0) is 2.00. The maximum absolute atomic E-state index is 8.33. The van der Waals surface area contributed by atoms with Crippen molar-refractivity contribution >= 4 is 23.1 Å². The van der Waals surface area contributed by atoms with Gasteiger partial charge in [-0.2, -0.15) is 0 Å². The van der Waals surface area contributed by atoms with Gasteiger partial charge in [0.05, 0.1) is 0 Å². The fourth-order valence-electron chi connectivity index (χ4n) is 0. The molecule has 0 aromatic rings. The number of hydrogen-bond acceptors (Lipinski definition) is 1. The molecule has 0 radical (unpaired) electrons. The first kappa shape index (κ1) is 16.9. The van der Waals surface area contributed by atoms with Gasteiger partial charge in [-0.3, -0.25) is 0 Å². The second-order valence-corrected chi connectivity index (χ2v) is 0. The Morgan fingerprint density at radius 1 is 1.50 bits per heavy atom. The average Bonchev–Trinajstić information content (AvgIpc) is 1.00. The molecule has 0 N–H and O–H groups in total. The van der Waals surface area contributed by atoms with Crippen LogP contribution in [0, 0.1) is 0 Å². The molecule has 0 heterocycles. The summed E-state index contributed by atoms with van der Waals surface area (Å²) in [7, 11) is 0. The van der Waals surface area contributed by atoms with E-state index in [2.05, 4.69) is 0 Å². The van der Waals surface area contributed by atoms with Gasteiger partial charge in [-0.05, 0) is 0 Å². The van der Waals surface area contributed by atoms with Crippen LogP contribution >= 0.6 is 0 Å². The van der Waals surface area contributed by atoms with Gasteiger partial charge in [0.15, 0.2) is 0 Å². The molecule has 1 nitrogen and oxygen atoms in total. The molecule has 4 heavy (non-hydrogen) atoms. The third kappa shape index (κ3) is 9.13. The Morgan fingerprint density at radius 3 is 1.50 bits per heavy atom. The fraction of sp³-hybridized carbons (Fsp3) is 0. The quantitative estimate of drug-likeness (QED) is 0.404. The zero-order valence-corrected chi connectivity index (χ0v) is 6.87. The molecule has 0 saturated carbocycles. The molecule has 0 aromatic carbocycles. The molecule has 0 aliphatic carbocycles. The second kappa shape index (κ2) is 21.0. The first-order valence-electron chi connectivity index (χ1n) is 0.167. The molecular weight excluding hydrogens is 231 g/mol. The predicted molar refractivity (Wildman–Crippen MR) is 9.78 cm³/mol. The molecule has 0 spiro atoms. The molecule has 0 unspecified atom stereocenters. The minimum atomic E-state index is 0. The van der Waals surface area contributed by atoms with Crippen molar-refractivity contribution in [2.45, 2.75) is 0 Å². The van der Waals surface area contributed by atoms with Crippen molar-refractivity contribution in [1.82, 2.24) is 0 Å². The summed E-state index contributed by atoms with van der Waals surface area (Å²) < 4.78 is 8.33. The summed E-state index contributed by atoms with van der Waals surface area (Å²) in [5, 5.41) is 0. The van der Waals surface area contributed by atoms with Gasteiger partial charge in [-0.1, -0.05) is 0 Å². The third-order valence-electron chi connectivity index (χ3n) is 0. The Bertz CT molecular complexity index is 14.9. The topological polar surface area (TPSA) is 17.1 Å². The molecule has 0 bridgehead atoms. The molecular formula is H3LiMgOW. The van der Waals surface area contributed by atoms with Crippen LogP contribution in [0.15, 0.2) is 0 Å². The van der Waals surface area contributed by atoms with E-state index >= 15 is 0 Å². The van der Waals surface area contributed by atoms with Gasteiger partial charge in [0.1, 0.15) is 0 Å². The first-order valence-corrected chi connectivity index (χ1v) is 1.36. The fourth-order valence-corrected chi connectivity index (χ4v) is 0. The van der Waals surface area contributed by atoms with Crippen LogP contribution in [0.2, 0.25) is 0 Å². The molecule has 0 aromatic heterocycles. The normalized spacial score (nSPS) is 1.00. The third-order valence-corrected chi connectivity index (χ3v) is 0. The summed E-state index contributed by atoms with van der Waals surface area (Å²) in [6, 6.07) is 0.